The Morgan fingerprint density at radius 2 is 2.19 bits per heavy atom. The minimum atomic E-state index is -0.680. The van der Waals surface area contributed by atoms with Gasteiger partial charge in [0.05, 0.1) is 12.3 Å². The molecule has 0 bridgehead atoms. The van der Waals surface area contributed by atoms with E-state index < -0.39 is 6.16 Å². The Hall–Kier alpha value is -1.52. The van der Waals surface area contributed by atoms with Crippen LogP contribution in [0, 0.1) is 0 Å². The number of ether oxygens (including phenoxy) is 2. The molecule has 0 atom stereocenters. The van der Waals surface area contributed by atoms with Crippen LogP contribution in [-0.4, -0.2) is 22.5 Å². The highest BCUT2D eigenvalue weighted by atomic mass is 16.7. The van der Waals surface area contributed by atoms with E-state index in [1.165, 1.54) is 0 Å². The molecule has 0 spiro atoms. The van der Waals surface area contributed by atoms with E-state index in [1.807, 2.05) is 6.92 Å². The summed E-state index contributed by atoms with van der Waals surface area (Å²) >= 11 is 0. The van der Waals surface area contributed by atoms with Crippen LogP contribution in [0.2, 0.25) is 0 Å². The minimum Gasteiger partial charge on any atom is -0.434 e. The van der Waals surface area contributed by atoms with Crippen LogP contribution >= 0.6 is 0 Å². The maximum Gasteiger partial charge on any atom is 0.515 e. The maximum absolute atomic E-state index is 11.2. The molecule has 0 aliphatic carbocycles. The molecule has 5 nitrogen and oxygen atoms in total. The summed E-state index contributed by atoms with van der Waals surface area (Å²) in [4.78, 5) is 11.2. The van der Waals surface area contributed by atoms with Crippen molar-refractivity contribution >= 4 is 6.16 Å². The summed E-state index contributed by atoms with van der Waals surface area (Å²) in [6, 6.07) is 1.78. The first kappa shape index (κ1) is 12.5. The zero-order valence-corrected chi connectivity index (χ0v) is 10.0. The third-order valence-corrected chi connectivity index (χ3v) is 2.05. The fourth-order valence-electron chi connectivity index (χ4n) is 1.37. The van der Waals surface area contributed by atoms with Gasteiger partial charge in [-0.05, 0) is 20.3 Å². The van der Waals surface area contributed by atoms with Crippen LogP contribution in [0.4, 0.5) is 4.79 Å². The molecule has 0 aromatic carbocycles. The average Bonchev–Trinajstić information content (AvgIpc) is 2.61. The van der Waals surface area contributed by atoms with Gasteiger partial charge in [0.25, 0.3) is 0 Å². The van der Waals surface area contributed by atoms with Crippen molar-refractivity contribution in [3.63, 3.8) is 0 Å². The minimum absolute atomic E-state index is 0.306. The number of nitrogens with zero attached hydrogens (tertiary/aromatic N) is 2. The first-order valence-electron chi connectivity index (χ1n) is 5.62. The summed E-state index contributed by atoms with van der Waals surface area (Å²) in [6.07, 6.45) is 1.21. The second-order valence-electron chi connectivity index (χ2n) is 3.32. The Kier molecular flexibility index (Phi) is 4.82. The normalized spacial score (nSPS) is 10.2. The topological polar surface area (TPSA) is 53.4 Å². The van der Waals surface area contributed by atoms with Crippen molar-refractivity contribution < 1.29 is 14.3 Å². The van der Waals surface area contributed by atoms with Crippen LogP contribution in [0.25, 0.3) is 0 Å². The van der Waals surface area contributed by atoms with Gasteiger partial charge in [-0.1, -0.05) is 13.3 Å². The Labute approximate surface area is 95.3 Å². The van der Waals surface area contributed by atoms with E-state index in [-0.39, 0.29) is 0 Å². The predicted octanol–water partition coefficient (Wildman–Crippen LogP) is 2.39. The lowest BCUT2D eigenvalue weighted by Gasteiger charge is -2.04. The molecule has 0 aliphatic rings. The number of aryl methyl sites for hydroxylation is 2. The number of carbonyl (C=O) groups is 1. The first-order valence-corrected chi connectivity index (χ1v) is 5.62. The summed E-state index contributed by atoms with van der Waals surface area (Å²) in [7, 11) is 0. The molecular weight excluding hydrogens is 208 g/mol. The van der Waals surface area contributed by atoms with Gasteiger partial charge in [0.15, 0.2) is 0 Å². The smallest absolute Gasteiger partial charge is 0.434 e. The van der Waals surface area contributed by atoms with Gasteiger partial charge < -0.3 is 9.47 Å². The standard InChI is InChI=1S/C11H18N2O3/c1-4-7-9-8-10(13(5-2)12-9)16-11(14)15-6-3/h8H,4-7H2,1-3H3. The Balaban J connectivity index is 2.73. The lowest BCUT2D eigenvalue weighted by molar-refractivity contribution is 0.100. The molecule has 1 aromatic heterocycles. The van der Waals surface area contributed by atoms with Crippen LogP contribution in [-0.2, 0) is 17.7 Å². The Morgan fingerprint density at radius 1 is 1.44 bits per heavy atom. The highest BCUT2D eigenvalue weighted by molar-refractivity contribution is 5.63. The second kappa shape index (κ2) is 6.15. The van der Waals surface area contributed by atoms with Gasteiger partial charge in [0.1, 0.15) is 0 Å². The number of aromatic nitrogens is 2. The lowest BCUT2D eigenvalue weighted by Crippen LogP contribution is -2.13. The van der Waals surface area contributed by atoms with Crippen molar-refractivity contribution in [1.82, 2.24) is 9.78 Å². The van der Waals surface area contributed by atoms with Crippen molar-refractivity contribution in [1.29, 1.82) is 0 Å². The van der Waals surface area contributed by atoms with Crippen LogP contribution in [0.5, 0.6) is 5.88 Å². The molecule has 1 rings (SSSR count). The summed E-state index contributed by atoms with van der Waals surface area (Å²) in [5.74, 6) is 0.449. The molecule has 0 radical (unpaired) electrons. The predicted molar refractivity (Wildman–Crippen MR) is 59.5 cm³/mol. The monoisotopic (exact) mass is 226 g/mol. The van der Waals surface area contributed by atoms with Crippen molar-refractivity contribution in [3.05, 3.63) is 11.8 Å². The Bertz CT molecular complexity index is 347. The van der Waals surface area contributed by atoms with Crippen LogP contribution in [0.15, 0.2) is 6.07 Å². The Morgan fingerprint density at radius 3 is 2.75 bits per heavy atom. The largest absolute Gasteiger partial charge is 0.515 e. The zero-order chi connectivity index (χ0) is 12.0. The van der Waals surface area contributed by atoms with Crippen LogP contribution < -0.4 is 4.74 Å². The van der Waals surface area contributed by atoms with E-state index in [0.717, 1.165) is 18.5 Å². The van der Waals surface area contributed by atoms with Gasteiger partial charge in [-0.25, -0.2) is 9.48 Å². The molecule has 0 saturated heterocycles. The third kappa shape index (κ3) is 3.25. The summed E-state index contributed by atoms with van der Waals surface area (Å²) in [6.45, 7) is 6.73. The molecule has 0 amide bonds. The van der Waals surface area contributed by atoms with Crippen molar-refractivity contribution in [2.45, 2.75) is 40.2 Å². The quantitative estimate of drug-likeness (QED) is 0.723. The van der Waals surface area contributed by atoms with E-state index in [1.54, 1.807) is 17.7 Å². The molecular formula is C11H18N2O3. The van der Waals surface area contributed by atoms with Crippen molar-refractivity contribution in [2.75, 3.05) is 6.61 Å². The number of hydrogen-bond donors (Lipinski definition) is 0. The summed E-state index contributed by atoms with van der Waals surface area (Å²) in [5.41, 5.74) is 0.934. The molecule has 0 unspecified atom stereocenters. The van der Waals surface area contributed by atoms with Gasteiger partial charge in [-0.15, -0.1) is 0 Å². The van der Waals surface area contributed by atoms with Gasteiger partial charge in [0, 0.05) is 12.6 Å². The highest BCUT2D eigenvalue weighted by Crippen LogP contribution is 2.15. The number of hydrogen-bond acceptors (Lipinski definition) is 4. The molecule has 0 fully saturated rings. The molecule has 1 heterocycles. The van der Waals surface area contributed by atoms with Gasteiger partial charge in [-0.2, -0.15) is 5.10 Å². The molecule has 1 aromatic rings. The second-order valence-corrected chi connectivity index (χ2v) is 3.32. The van der Waals surface area contributed by atoms with Gasteiger partial charge >= 0.3 is 6.16 Å². The van der Waals surface area contributed by atoms with Crippen molar-refractivity contribution in [2.24, 2.45) is 0 Å². The van der Waals surface area contributed by atoms with Crippen LogP contribution in [0.3, 0.4) is 0 Å². The molecule has 16 heavy (non-hydrogen) atoms. The number of rotatable bonds is 5. The summed E-state index contributed by atoms with van der Waals surface area (Å²) < 4.78 is 11.4. The lowest BCUT2D eigenvalue weighted by atomic mass is 10.3. The molecule has 5 heteroatoms. The third-order valence-electron chi connectivity index (χ3n) is 2.05. The first-order chi connectivity index (χ1) is 7.71. The fraction of sp³-hybridized carbons (Fsp3) is 0.636. The van der Waals surface area contributed by atoms with Gasteiger partial charge in [-0.3, -0.25) is 0 Å². The van der Waals surface area contributed by atoms with Gasteiger partial charge in [0.2, 0.25) is 5.88 Å². The van der Waals surface area contributed by atoms with E-state index in [0.29, 0.717) is 19.0 Å². The molecule has 0 saturated carbocycles. The van der Waals surface area contributed by atoms with E-state index >= 15 is 0 Å². The van der Waals surface area contributed by atoms with E-state index in [9.17, 15) is 4.79 Å². The molecule has 90 valence electrons. The van der Waals surface area contributed by atoms with Crippen molar-refractivity contribution in [3.8, 4) is 5.88 Å². The highest BCUT2D eigenvalue weighted by Gasteiger charge is 2.12. The van der Waals surface area contributed by atoms with E-state index in [2.05, 4.69) is 12.0 Å². The van der Waals surface area contributed by atoms with E-state index in [4.69, 9.17) is 9.47 Å². The fourth-order valence-corrected chi connectivity index (χ4v) is 1.37. The van der Waals surface area contributed by atoms with Crippen LogP contribution in [0.1, 0.15) is 32.9 Å². The maximum atomic E-state index is 11.2. The molecule has 0 aliphatic heterocycles. The zero-order valence-electron chi connectivity index (χ0n) is 10.0. The average molecular weight is 226 g/mol. The SMILES string of the molecule is CCCc1cc(OC(=O)OCC)n(CC)n1. The molecule has 0 N–H and O–H groups in total. The number of carbonyl (C=O) groups excluding carboxylic acids is 1. The summed E-state index contributed by atoms with van der Waals surface area (Å²) in [5, 5.41) is 4.32.